The van der Waals surface area contributed by atoms with Crippen LogP contribution >= 0.6 is 0 Å². The molecule has 4 fully saturated rings. The number of anilines is 2. The smallest absolute Gasteiger partial charge is 0.222 e. The summed E-state index contributed by atoms with van der Waals surface area (Å²) in [5.74, 6) is 2.45. The van der Waals surface area contributed by atoms with Gasteiger partial charge in [-0.05, 0) is 57.4 Å². The first-order valence-electron chi connectivity index (χ1n) is 13.4. The van der Waals surface area contributed by atoms with Crippen LogP contribution < -0.4 is 16.0 Å². The van der Waals surface area contributed by atoms with Gasteiger partial charge in [0.05, 0.1) is 17.9 Å². The summed E-state index contributed by atoms with van der Waals surface area (Å²) in [6.07, 6.45) is 9.42. The molecule has 4 aliphatic rings. The molecule has 1 aromatic heterocycles. The highest BCUT2D eigenvalue weighted by atomic mass is 16.6. The van der Waals surface area contributed by atoms with Crippen molar-refractivity contribution in [3.63, 3.8) is 0 Å². The number of aromatic nitrogens is 2. The minimum atomic E-state index is -0.416. The van der Waals surface area contributed by atoms with Crippen molar-refractivity contribution in [1.29, 1.82) is 0 Å². The van der Waals surface area contributed by atoms with E-state index in [0.717, 1.165) is 62.0 Å². The summed E-state index contributed by atoms with van der Waals surface area (Å²) < 4.78 is 6.62. The molecule has 0 radical (unpaired) electrons. The third-order valence-corrected chi connectivity index (χ3v) is 8.88. The Labute approximate surface area is 203 Å². The van der Waals surface area contributed by atoms with Crippen molar-refractivity contribution in [1.82, 2.24) is 15.3 Å². The lowest BCUT2D eigenvalue weighted by molar-refractivity contribution is -0.0692. The van der Waals surface area contributed by atoms with E-state index >= 15 is 0 Å². The molecular weight excluding hydrogens is 428 g/mol. The van der Waals surface area contributed by atoms with Gasteiger partial charge in [0.1, 0.15) is 11.4 Å². The Kier molecular flexibility index (Phi) is 6.36. The number of aliphatic imine (C=N–C) groups is 1. The highest BCUT2D eigenvalue weighted by Crippen LogP contribution is 2.72. The number of aliphatic hydroxyl groups is 1. The van der Waals surface area contributed by atoms with Gasteiger partial charge in [0.15, 0.2) is 5.82 Å². The number of aryl methyl sites for hydroxylation is 1. The fourth-order valence-corrected chi connectivity index (χ4v) is 6.60. The van der Waals surface area contributed by atoms with Crippen LogP contribution in [0.2, 0.25) is 0 Å². The quantitative estimate of drug-likeness (QED) is 0.448. The van der Waals surface area contributed by atoms with Gasteiger partial charge < -0.3 is 20.5 Å². The molecule has 2 saturated heterocycles. The lowest BCUT2D eigenvalue weighted by Gasteiger charge is -2.26. The van der Waals surface area contributed by atoms with Gasteiger partial charge in [-0.15, -0.1) is 0 Å². The van der Waals surface area contributed by atoms with E-state index in [9.17, 15) is 5.11 Å². The van der Waals surface area contributed by atoms with Crippen LogP contribution in [0.5, 0.6) is 0 Å². The SMILES string of the molecule is CCNC12OC(CC3CC3)C(O)C1(C)C2CC(C=Nc1c(C)nc(N)nc1N1CCCC1)CC. The van der Waals surface area contributed by atoms with Gasteiger partial charge in [0.25, 0.3) is 0 Å². The van der Waals surface area contributed by atoms with Gasteiger partial charge in [-0.1, -0.05) is 33.6 Å². The fraction of sp³-hybridized carbons (Fsp3) is 0.808. The van der Waals surface area contributed by atoms with Crippen molar-refractivity contribution in [2.75, 3.05) is 30.3 Å². The Morgan fingerprint density at radius 3 is 2.68 bits per heavy atom. The number of hydrogen-bond acceptors (Lipinski definition) is 8. The van der Waals surface area contributed by atoms with Crippen molar-refractivity contribution < 1.29 is 9.84 Å². The Morgan fingerprint density at radius 2 is 2.03 bits per heavy atom. The molecule has 0 amide bonds. The van der Waals surface area contributed by atoms with Crippen LogP contribution in [0.1, 0.15) is 71.4 Å². The molecule has 0 bridgehead atoms. The van der Waals surface area contributed by atoms with Gasteiger partial charge in [-0.3, -0.25) is 10.3 Å². The Balaban J connectivity index is 1.33. The molecule has 3 heterocycles. The minimum absolute atomic E-state index is 0.0425. The Morgan fingerprint density at radius 1 is 1.29 bits per heavy atom. The molecule has 8 nitrogen and oxygen atoms in total. The summed E-state index contributed by atoms with van der Waals surface area (Å²) in [5, 5.41) is 14.9. The van der Waals surface area contributed by atoms with Crippen molar-refractivity contribution >= 4 is 23.7 Å². The van der Waals surface area contributed by atoms with Crippen LogP contribution in [-0.2, 0) is 4.74 Å². The summed E-state index contributed by atoms with van der Waals surface area (Å²) in [6, 6.07) is 0. The van der Waals surface area contributed by atoms with E-state index in [0.29, 0.717) is 5.95 Å². The van der Waals surface area contributed by atoms with E-state index in [1.54, 1.807) is 0 Å². The second-order valence-electron chi connectivity index (χ2n) is 11.1. The molecule has 0 aromatic carbocycles. The van der Waals surface area contributed by atoms with Gasteiger partial charge in [-0.2, -0.15) is 4.98 Å². The Hall–Kier alpha value is -1.77. The molecule has 34 heavy (non-hydrogen) atoms. The molecule has 1 aromatic rings. The number of ether oxygens (including phenoxy) is 1. The maximum atomic E-state index is 11.3. The topological polar surface area (TPSA) is 109 Å². The third-order valence-electron chi connectivity index (χ3n) is 8.88. The number of rotatable bonds is 10. The van der Waals surface area contributed by atoms with Gasteiger partial charge in [-0.25, -0.2) is 4.98 Å². The summed E-state index contributed by atoms with van der Waals surface area (Å²) >= 11 is 0. The normalized spacial score (nSPS) is 35.8. The number of nitrogens with zero attached hydrogens (tertiary/aromatic N) is 4. The van der Waals surface area contributed by atoms with Gasteiger partial charge in [0.2, 0.25) is 5.95 Å². The number of nitrogens with one attached hydrogen (secondary N) is 1. The predicted molar refractivity (Wildman–Crippen MR) is 135 cm³/mol. The van der Waals surface area contributed by atoms with E-state index < -0.39 is 11.8 Å². The van der Waals surface area contributed by atoms with Crippen molar-refractivity contribution in [3.05, 3.63) is 5.69 Å². The lowest BCUT2D eigenvalue weighted by Crippen LogP contribution is -2.38. The summed E-state index contributed by atoms with van der Waals surface area (Å²) in [7, 11) is 0. The van der Waals surface area contributed by atoms with Gasteiger partial charge in [0, 0.05) is 30.6 Å². The number of aliphatic hydroxyl groups excluding tert-OH is 1. The standard InChI is InChI=1S/C26H42N6O2/c1-5-17(15-28-21-16(3)30-24(27)31-23(21)32-11-7-8-12-32)14-20-25(4)22(33)19(13-18-9-10-18)34-26(20,25)29-6-2/h15,17-20,22,29,33H,5-14H2,1-4H3,(H2,27,30,31). The zero-order chi connectivity index (χ0) is 24.1. The van der Waals surface area contributed by atoms with Crippen LogP contribution in [0.15, 0.2) is 4.99 Å². The van der Waals surface area contributed by atoms with Crippen molar-refractivity contribution in [2.24, 2.45) is 28.2 Å². The Bertz CT molecular complexity index is 930. The second-order valence-corrected chi connectivity index (χ2v) is 11.1. The van der Waals surface area contributed by atoms with E-state index in [4.69, 9.17) is 15.5 Å². The number of hydrogen-bond donors (Lipinski definition) is 3. The largest absolute Gasteiger partial charge is 0.390 e. The second kappa shape index (κ2) is 9.03. The number of nitrogens with two attached hydrogens (primary N) is 1. The first-order chi connectivity index (χ1) is 16.3. The van der Waals surface area contributed by atoms with Crippen LogP contribution in [-0.4, -0.2) is 58.9 Å². The maximum Gasteiger partial charge on any atom is 0.222 e. The average molecular weight is 471 g/mol. The molecule has 6 unspecified atom stereocenters. The summed E-state index contributed by atoms with van der Waals surface area (Å²) in [4.78, 5) is 16.1. The molecule has 2 saturated carbocycles. The minimum Gasteiger partial charge on any atom is -0.390 e. The summed E-state index contributed by atoms with van der Waals surface area (Å²) in [6.45, 7) is 11.3. The zero-order valence-electron chi connectivity index (χ0n) is 21.3. The molecule has 6 atom stereocenters. The fourth-order valence-electron chi connectivity index (χ4n) is 6.60. The molecular formula is C26H42N6O2. The molecule has 2 aliphatic carbocycles. The zero-order valence-corrected chi connectivity index (χ0v) is 21.3. The molecule has 188 valence electrons. The molecule has 4 N–H and O–H groups in total. The molecule has 5 rings (SSSR count). The van der Waals surface area contributed by atoms with Crippen LogP contribution in [0.3, 0.4) is 0 Å². The van der Waals surface area contributed by atoms with Crippen molar-refractivity contribution in [3.8, 4) is 0 Å². The van der Waals surface area contributed by atoms with Crippen LogP contribution in [0.4, 0.5) is 17.5 Å². The number of fused-ring (bicyclic) bond motifs is 1. The highest BCUT2D eigenvalue weighted by Gasteiger charge is 2.83. The molecule has 2 aliphatic heterocycles. The van der Waals surface area contributed by atoms with E-state index in [1.165, 1.54) is 25.7 Å². The van der Waals surface area contributed by atoms with Crippen molar-refractivity contribution in [2.45, 2.75) is 90.6 Å². The van der Waals surface area contributed by atoms with E-state index in [2.05, 4.69) is 47.2 Å². The first kappa shape index (κ1) is 23.9. The molecule has 8 heteroatoms. The van der Waals surface area contributed by atoms with Crippen LogP contribution in [0, 0.1) is 30.1 Å². The van der Waals surface area contributed by atoms with E-state index in [-0.39, 0.29) is 23.4 Å². The van der Waals surface area contributed by atoms with Gasteiger partial charge >= 0.3 is 0 Å². The highest BCUT2D eigenvalue weighted by molar-refractivity contribution is 5.74. The average Bonchev–Trinajstić information content (AvgIpc) is 3.57. The predicted octanol–water partition coefficient (Wildman–Crippen LogP) is 3.59. The maximum absolute atomic E-state index is 11.3. The lowest BCUT2D eigenvalue weighted by atomic mass is 9.89. The third kappa shape index (κ3) is 3.91. The summed E-state index contributed by atoms with van der Waals surface area (Å²) in [5.41, 5.74) is 6.97. The number of nitrogen functional groups attached to an aromatic ring is 1. The van der Waals surface area contributed by atoms with Crippen LogP contribution in [0.25, 0.3) is 0 Å². The monoisotopic (exact) mass is 470 g/mol. The molecule has 0 spiro atoms. The van der Waals surface area contributed by atoms with E-state index in [1.807, 2.05) is 6.92 Å². The first-order valence-corrected chi connectivity index (χ1v) is 13.4.